The Bertz CT molecular complexity index is 637. The Hall–Kier alpha value is -2.70. The van der Waals surface area contributed by atoms with Gasteiger partial charge in [0.1, 0.15) is 18.1 Å². The zero-order valence-electron chi connectivity index (χ0n) is 11.3. The van der Waals surface area contributed by atoms with E-state index >= 15 is 0 Å². The van der Waals surface area contributed by atoms with E-state index in [-0.39, 0.29) is 12.4 Å². The molecule has 2 aromatic carbocycles. The van der Waals surface area contributed by atoms with Gasteiger partial charge in [0.25, 0.3) is 0 Å². The SMILES string of the molecule is NC(=O)c1ccc(COc2ccc(OC(F)(F)F)cc2)cc1. The first kappa shape index (κ1) is 15.7. The molecule has 0 saturated carbocycles. The van der Waals surface area contributed by atoms with Crippen LogP contribution in [0.5, 0.6) is 11.5 Å². The maximum Gasteiger partial charge on any atom is 0.573 e. The second-order valence-electron chi connectivity index (χ2n) is 4.37. The number of carbonyl (C=O) groups is 1. The summed E-state index contributed by atoms with van der Waals surface area (Å²) in [7, 11) is 0. The third kappa shape index (κ3) is 4.69. The zero-order valence-corrected chi connectivity index (χ0v) is 11.3. The van der Waals surface area contributed by atoms with Crippen molar-refractivity contribution in [1.82, 2.24) is 0 Å². The molecule has 0 saturated heterocycles. The summed E-state index contributed by atoms with van der Waals surface area (Å²) in [6.45, 7) is 0.207. The number of benzene rings is 2. The van der Waals surface area contributed by atoms with E-state index in [4.69, 9.17) is 10.5 Å². The number of primary amides is 1. The lowest BCUT2D eigenvalue weighted by Crippen LogP contribution is -2.16. The van der Waals surface area contributed by atoms with Crippen LogP contribution >= 0.6 is 0 Å². The van der Waals surface area contributed by atoms with E-state index in [9.17, 15) is 18.0 Å². The topological polar surface area (TPSA) is 61.6 Å². The van der Waals surface area contributed by atoms with Crippen molar-refractivity contribution in [3.05, 3.63) is 59.7 Å². The fourth-order valence-electron chi connectivity index (χ4n) is 1.67. The van der Waals surface area contributed by atoms with Gasteiger partial charge >= 0.3 is 6.36 Å². The Balaban J connectivity index is 1.92. The highest BCUT2D eigenvalue weighted by Gasteiger charge is 2.30. The van der Waals surface area contributed by atoms with Crippen LogP contribution in [0.15, 0.2) is 48.5 Å². The molecule has 0 aliphatic heterocycles. The molecule has 116 valence electrons. The molecule has 0 atom stereocenters. The Kier molecular flexibility index (Phi) is 4.55. The van der Waals surface area contributed by atoms with Crippen LogP contribution in [0.2, 0.25) is 0 Å². The van der Waals surface area contributed by atoms with Crippen molar-refractivity contribution in [3.8, 4) is 11.5 Å². The first-order chi connectivity index (χ1) is 10.3. The highest BCUT2D eigenvalue weighted by molar-refractivity contribution is 5.92. The molecule has 0 spiro atoms. The number of halogens is 3. The van der Waals surface area contributed by atoms with Gasteiger partial charge in [0.2, 0.25) is 5.91 Å². The van der Waals surface area contributed by atoms with Crippen LogP contribution < -0.4 is 15.2 Å². The third-order valence-electron chi connectivity index (χ3n) is 2.70. The van der Waals surface area contributed by atoms with Crippen LogP contribution in [0, 0.1) is 0 Å². The number of rotatable bonds is 5. The highest BCUT2D eigenvalue weighted by Crippen LogP contribution is 2.25. The van der Waals surface area contributed by atoms with Gasteiger partial charge in [-0.1, -0.05) is 12.1 Å². The molecule has 0 heterocycles. The first-order valence-corrected chi connectivity index (χ1v) is 6.21. The standard InChI is InChI=1S/C15H12F3NO3/c16-15(17,18)22-13-7-5-12(6-8-13)21-9-10-1-3-11(4-2-10)14(19)20/h1-8H,9H2,(H2,19,20). The second kappa shape index (κ2) is 6.38. The van der Waals surface area contributed by atoms with Gasteiger partial charge in [-0.25, -0.2) is 0 Å². The van der Waals surface area contributed by atoms with Crippen molar-refractivity contribution in [2.45, 2.75) is 13.0 Å². The van der Waals surface area contributed by atoms with E-state index in [1.165, 1.54) is 24.3 Å². The lowest BCUT2D eigenvalue weighted by atomic mass is 10.1. The van der Waals surface area contributed by atoms with E-state index in [0.717, 1.165) is 5.56 Å². The molecule has 7 heteroatoms. The van der Waals surface area contributed by atoms with Crippen LogP contribution in [0.25, 0.3) is 0 Å². The summed E-state index contributed by atoms with van der Waals surface area (Å²) in [5.41, 5.74) is 6.30. The molecular weight excluding hydrogens is 299 g/mol. The summed E-state index contributed by atoms with van der Waals surface area (Å²) in [5, 5.41) is 0. The number of carbonyl (C=O) groups excluding carboxylic acids is 1. The van der Waals surface area contributed by atoms with Crippen molar-refractivity contribution in [3.63, 3.8) is 0 Å². The Morgan fingerprint density at radius 3 is 2.00 bits per heavy atom. The fourth-order valence-corrected chi connectivity index (χ4v) is 1.67. The summed E-state index contributed by atoms with van der Waals surface area (Å²) >= 11 is 0. The van der Waals surface area contributed by atoms with Crippen molar-refractivity contribution < 1.29 is 27.4 Å². The molecular formula is C15H12F3NO3. The molecule has 0 aromatic heterocycles. The molecule has 0 aliphatic carbocycles. The van der Waals surface area contributed by atoms with E-state index < -0.39 is 12.3 Å². The van der Waals surface area contributed by atoms with Crippen LogP contribution in [0.4, 0.5) is 13.2 Å². The predicted molar refractivity (Wildman–Crippen MR) is 72.4 cm³/mol. The lowest BCUT2D eigenvalue weighted by Gasteiger charge is -2.10. The molecule has 0 fully saturated rings. The number of hydrogen-bond acceptors (Lipinski definition) is 3. The number of amides is 1. The zero-order chi connectivity index (χ0) is 16.2. The van der Waals surface area contributed by atoms with E-state index in [1.54, 1.807) is 24.3 Å². The Morgan fingerprint density at radius 1 is 0.955 bits per heavy atom. The van der Waals surface area contributed by atoms with Crippen LogP contribution in [0.3, 0.4) is 0 Å². The summed E-state index contributed by atoms with van der Waals surface area (Å²) in [6.07, 6.45) is -4.72. The molecule has 0 bridgehead atoms. The maximum absolute atomic E-state index is 12.0. The molecule has 0 aliphatic rings. The van der Waals surface area contributed by atoms with Gasteiger partial charge in [0.15, 0.2) is 0 Å². The van der Waals surface area contributed by atoms with Gasteiger partial charge in [-0.3, -0.25) is 4.79 Å². The Labute approximate surface area is 124 Å². The van der Waals surface area contributed by atoms with E-state index in [1.807, 2.05) is 0 Å². The average Bonchev–Trinajstić information content (AvgIpc) is 2.45. The van der Waals surface area contributed by atoms with Gasteiger partial charge in [-0.15, -0.1) is 13.2 Å². The fraction of sp³-hybridized carbons (Fsp3) is 0.133. The highest BCUT2D eigenvalue weighted by atomic mass is 19.4. The molecule has 1 amide bonds. The van der Waals surface area contributed by atoms with Crippen LogP contribution in [-0.2, 0) is 6.61 Å². The van der Waals surface area contributed by atoms with Gasteiger partial charge in [-0.05, 0) is 42.0 Å². The summed E-state index contributed by atoms with van der Waals surface area (Å²) < 4.78 is 45.2. The molecule has 2 aromatic rings. The number of nitrogens with two attached hydrogens (primary N) is 1. The molecule has 0 radical (unpaired) electrons. The van der Waals surface area contributed by atoms with Crippen LogP contribution in [-0.4, -0.2) is 12.3 Å². The van der Waals surface area contributed by atoms with Gasteiger partial charge in [-0.2, -0.15) is 0 Å². The van der Waals surface area contributed by atoms with Crippen molar-refractivity contribution in [2.75, 3.05) is 0 Å². The van der Waals surface area contributed by atoms with Gasteiger partial charge < -0.3 is 15.2 Å². The average molecular weight is 311 g/mol. The van der Waals surface area contributed by atoms with Crippen molar-refractivity contribution in [1.29, 1.82) is 0 Å². The maximum atomic E-state index is 12.0. The Morgan fingerprint density at radius 2 is 1.50 bits per heavy atom. The van der Waals surface area contributed by atoms with Gasteiger partial charge in [0, 0.05) is 5.56 Å². The van der Waals surface area contributed by atoms with E-state index in [2.05, 4.69) is 4.74 Å². The largest absolute Gasteiger partial charge is 0.573 e. The first-order valence-electron chi connectivity index (χ1n) is 6.21. The van der Waals surface area contributed by atoms with Crippen LogP contribution in [0.1, 0.15) is 15.9 Å². The molecule has 0 unspecified atom stereocenters. The summed E-state index contributed by atoms with van der Waals surface area (Å²) in [4.78, 5) is 10.9. The lowest BCUT2D eigenvalue weighted by molar-refractivity contribution is -0.274. The molecule has 22 heavy (non-hydrogen) atoms. The van der Waals surface area contributed by atoms with E-state index in [0.29, 0.717) is 11.3 Å². The number of alkyl halides is 3. The smallest absolute Gasteiger partial charge is 0.489 e. The monoisotopic (exact) mass is 311 g/mol. The quantitative estimate of drug-likeness (QED) is 0.922. The summed E-state index contributed by atoms with van der Waals surface area (Å²) in [5.74, 6) is -0.438. The van der Waals surface area contributed by atoms with Gasteiger partial charge in [0.05, 0.1) is 0 Å². The van der Waals surface area contributed by atoms with Crippen molar-refractivity contribution in [2.24, 2.45) is 5.73 Å². The minimum atomic E-state index is -4.72. The summed E-state index contributed by atoms with van der Waals surface area (Å²) in [6, 6.07) is 11.6. The molecule has 2 N–H and O–H groups in total. The number of ether oxygens (including phenoxy) is 2. The predicted octanol–water partition coefficient (Wildman–Crippen LogP) is 3.26. The van der Waals surface area contributed by atoms with Crippen molar-refractivity contribution >= 4 is 5.91 Å². The number of hydrogen-bond donors (Lipinski definition) is 1. The molecule has 2 rings (SSSR count). The molecule has 4 nitrogen and oxygen atoms in total. The third-order valence-corrected chi connectivity index (χ3v) is 2.70. The minimum absolute atomic E-state index is 0.207. The normalized spacial score (nSPS) is 11.0. The minimum Gasteiger partial charge on any atom is -0.489 e. The second-order valence-corrected chi connectivity index (χ2v) is 4.37.